The van der Waals surface area contributed by atoms with Gasteiger partial charge in [0.15, 0.2) is 0 Å². The van der Waals surface area contributed by atoms with Crippen molar-refractivity contribution in [2.45, 2.75) is 6.42 Å². The molecule has 0 saturated carbocycles. The highest BCUT2D eigenvalue weighted by Gasteiger charge is 2.16. The molecule has 0 aliphatic carbocycles. The first kappa shape index (κ1) is 15.1. The summed E-state index contributed by atoms with van der Waals surface area (Å²) in [6.45, 7) is 0.652. The Kier molecular flexibility index (Phi) is 4.28. The summed E-state index contributed by atoms with van der Waals surface area (Å²) in [6, 6.07) is 9.61. The third-order valence-corrected chi connectivity index (χ3v) is 3.95. The molecule has 1 amide bonds. The molecule has 2 aromatic heterocycles. The molecule has 5 heteroatoms. The summed E-state index contributed by atoms with van der Waals surface area (Å²) in [6.07, 6.45) is 6.10. The second kappa shape index (κ2) is 6.52. The minimum atomic E-state index is -0.00133. The molecule has 2 heterocycles. The lowest BCUT2D eigenvalue weighted by Crippen LogP contribution is -2.28. The lowest BCUT2D eigenvalue weighted by Gasteiger charge is -2.16. The molecule has 0 saturated heterocycles. The standard InChI is InChI=1S/C18H19N3O2/c1-21(10-7-13-5-8-19-9-6-13)18(22)16-12-20-17-4-3-14(23-2)11-15(16)17/h3-6,8-9,11-12,20H,7,10H2,1-2H3. The molecule has 1 aromatic carbocycles. The predicted octanol–water partition coefficient (Wildman–Crippen LogP) is 2.89. The topological polar surface area (TPSA) is 58.2 Å². The van der Waals surface area contributed by atoms with Crippen molar-refractivity contribution in [1.82, 2.24) is 14.9 Å². The third-order valence-electron chi connectivity index (χ3n) is 3.95. The van der Waals surface area contributed by atoms with Crippen LogP contribution in [0.1, 0.15) is 15.9 Å². The Hall–Kier alpha value is -2.82. The van der Waals surface area contributed by atoms with Gasteiger partial charge in [-0.2, -0.15) is 0 Å². The number of nitrogens with one attached hydrogen (secondary N) is 1. The van der Waals surface area contributed by atoms with E-state index in [1.54, 1.807) is 30.6 Å². The molecule has 0 unspecified atom stereocenters. The predicted molar refractivity (Wildman–Crippen MR) is 89.8 cm³/mol. The molecule has 23 heavy (non-hydrogen) atoms. The van der Waals surface area contributed by atoms with E-state index in [9.17, 15) is 4.79 Å². The van der Waals surface area contributed by atoms with E-state index in [2.05, 4.69) is 9.97 Å². The van der Waals surface area contributed by atoms with Crippen molar-refractivity contribution in [2.24, 2.45) is 0 Å². The van der Waals surface area contributed by atoms with Crippen LogP contribution >= 0.6 is 0 Å². The van der Waals surface area contributed by atoms with Crippen LogP contribution in [0.25, 0.3) is 10.9 Å². The van der Waals surface area contributed by atoms with Crippen molar-refractivity contribution < 1.29 is 9.53 Å². The van der Waals surface area contributed by atoms with Crippen molar-refractivity contribution in [2.75, 3.05) is 20.7 Å². The summed E-state index contributed by atoms with van der Waals surface area (Å²) in [5.41, 5.74) is 2.76. The molecule has 0 bridgehead atoms. The maximum absolute atomic E-state index is 12.7. The van der Waals surface area contributed by atoms with Gasteiger partial charge in [-0.25, -0.2) is 0 Å². The number of hydrogen-bond acceptors (Lipinski definition) is 3. The van der Waals surface area contributed by atoms with Gasteiger partial charge in [-0.05, 0) is 42.3 Å². The van der Waals surface area contributed by atoms with E-state index in [1.807, 2.05) is 37.4 Å². The Labute approximate surface area is 134 Å². The molecule has 0 atom stereocenters. The van der Waals surface area contributed by atoms with E-state index in [1.165, 1.54) is 5.56 Å². The van der Waals surface area contributed by atoms with E-state index < -0.39 is 0 Å². The highest BCUT2D eigenvalue weighted by molar-refractivity contribution is 6.06. The van der Waals surface area contributed by atoms with Crippen molar-refractivity contribution in [3.8, 4) is 5.75 Å². The van der Waals surface area contributed by atoms with Crippen molar-refractivity contribution in [3.05, 3.63) is 60.0 Å². The van der Waals surface area contributed by atoms with Crippen molar-refractivity contribution in [1.29, 1.82) is 0 Å². The molecule has 3 rings (SSSR count). The third kappa shape index (κ3) is 3.18. The van der Waals surface area contributed by atoms with Crippen LogP contribution < -0.4 is 4.74 Å². The fraction of sp³-hybridized carbons (Fsp3) is 0.222. The molecule has 0 aliphatic rings. The SMILES string of the molecule is COc1ccc2[nH]cc(C(=O)N(C)CCc3ccncc3)c2c1. The van der Waals surface area contributed by atoms with Crippen LogP contribution in [0.5, 0.6) is 5.75 Å². The number of ether oxygens (including phenoxy) is 1. The van der Waals surface area contributed by atoms with Crippen molar-refractivity contribution in [3.63, 3.8) is 0 Å². The van der Waals surface area contributed by atoms with E-state index in [0.29, 0.717) is 12.1 Å². The number of H-pyrrole nitrogens is 1. The normalized spacial score (nSPS) is 10.7. The molecule has 0 fully saturated rings. The molecule has 5 nitrogen and oxygen atoms in total. The van der Waals surface area contributed by atoms with Crippen LogP contribution in [0, 0.1) is 0 Å². The van der Waals surface area contributed by atoms with Gasteiger partial charge in [-0.1, -0.05) is 0 Å². The number of likely N-dealkylation sites (N-methyl/N-ethyl adjacent to an activating group) is 1. The highest BCUT2D eigenvalue weighted by Crippen LogP contribution is 2.24. The minimum absolute atomic E-state index is 0.00133. The van der Waals surface area contributed by atoms with Gasteiger partial charge in [0.05, 0.1) is 12.7 Å². The van der Waals surface area contributed by atoms with Gasteiger partial charge in [0.25, 0.3) is 5.91 Å². The van der Waals surface area contributed by atoms with Crippen LogP contribution in [0.15, 0.2) is 48.9 Å². The van der Waals surface area contributed by atoms with Gasteiger partial charge in [-0.15, -0.1) is 0 Å². The maximum atomic E-state index is 12.7. The first-order chi connectivity index (χ1) is 11.2. The molecule has 0 aliphatic heterocycles. The summed E-state index contributed by atoms with van der Waals surface area (Å²) in [4.78, 5) is 21.6. The summed E-state index contributed by atoms with van der Waals surface area (Å²) in [5.74, 6) is 0.740. The number of carbonyl (C=O) groups excluding carboxylic acids is 1. The van der Waals surface area contributed by atoms with Gasteiger partial charge in [0, 0.05) is 43.1 Å². The lowest BCUT2D eigenvalue weighted by atomic mass is 10.1. The Morgan fingerprint density at radius 3 is 2.78 bits per heavy atom. The average molecular weight is 309 g/mol. The minimum Gasteiger partial charge on any atom is -0.497 e. The number of nitrogens with zero attached hydrogens (tertiary/aromatic N) is 2. The largest absolute Gasteiger partial charge is 0.497 e. The number of aromatic nitrogens is 2. The first-order valence-corrected chi connectivity index (χ1v) is 7.48. The molecule has 1 N–H and O–H groups in total. The Bertz CT molecular complexity index is 812. The zero-order valence-corrected chi connectivity index (χ0v) is 13.2. The molecule has 0 spiro atoms. The molecular formula is C18H19N3O2. The van der Waals surface area contributed by atoms with Crippen LogP contribution in [0.3, 0.4) is 0 Å². The summed E-state index contributed by atoms with van der Waals surface area (Å²) in [5, 5.41) is 0.880. The fourth-order valence-electron chi connectivity index (χ4n) is 2.56. The Morgan fingerprint density at radius 2 is 2.04 bits per heavy atom. The monoisotopic (exact) mass is 309 g/mol. The Morgan fingerprint density at radius 1 is 1.26 bits per heavy atom. The van der Waals surface area contributed by atoms with E-state index >= 15 is 0 Å². The van der Waals surface area contributed by atoms with Crippen molar-refractivity contribution >= 4 is 16.8 Å². The lowest BCUT2D eigenvalue weighted by molar-refractivity contribution is 0.0798. The quantitative estimate of drug-likeness (QED) is 0.788. The van der Waals surface area contributed by atoms with E-state index in [4.69, 9.17) is 4.74 Å². The fourth-order valence-corrected chi connectivity index (χ4v) is 2.56. The van der Waals surface area contributed by atoms with Crippen LogP contribution in [0.2, 0.25) is 0 Å². The van der Waals surface area contributed by atoms with Crippen LogP contribution in [-0.2, 0) is 6.42 Å². The van der Waals surface area contributed by atoms with Gasteiger partial charge in [0.2, 0.25) is 0 Å². The number of fused-ring (bicyclic) bond motifs is 1. The van der Waals surface area contributed by atoms with E-state index in [-0.39, 0.29) is 5.91 Å². The number of aromatic amines is 1. The summed E-state index contributed by atoms with van der Waals surface area (Å²) in [7, 11) is 3.44. The second-order valence-electron chi connectivity index (χ2n) is 5.45. The number of rotatable bonds is 5. The number of carbonyl (C=O) groups is 1. The van der Waals surface area contributed by atoms with Crippen LogP contribution in [-0.4, -0.2) is 41.5 Å². The zero-order valence-electron chi connectivity index (χ0n) is 13.2. The van der Waals surface area contributed by atoms with Gasteiger partial charge < -0.3 is 14.6 Å². The molecule has 0 radical (unpaired) electrons. The Balaban J connectivity index is 1.77. The molecule has 3 aromatic rings. The number of amides is 1. The average Bonchev–Trinajstić information content (AvgIpc) is 3.02. The smallest absolute Gasteiger partial charge is 0.255 e. The number of methoxy groups -OCH3 is 1. The molecular weight excluding hydrogens is 290 g/mol. The highest BCUT2D eigenvalue weighted by atomic mass is 16.5. The van der Waals surface area contributed by atoms with Gasteiger partial charge >= 0.3 is 0 Å². The molecule has 118 valence electrons. The number of hydrogen-bond donors (Lipinski definition) is 1. The van der Waals surface area contributed by atoms with E-state index in [0.717, 1.165) is 23.1 Å². The zero-order chi connectivity index (χ0) is 16.2. The van der Waals surface area contributed by atoms with Crippen LogP contribution in [0.4, 0.5) is 0 Å². The number of pyridine rings is 1. The summed E-state index contributed by atoms with van der Waals surface area (Å²) < 4.78 is 5.25. The van der Waals surface area contributed by atoms with Gasteiger partial charge in [-0.3, -0.25) is 9.78 Å². The first-order valence-electron chi connectivity index (χ1n) is 7.48. The number of benzene rings is 1. The maximum Gasteiger partial charge on any atom is 0.255 e. The van der Waals surface area contributed by atoms with Gasteiger partial charge in [0.1, 0.15) is 5.75 Å². The summed E-state index contributed by atoms with van der Waals surface area (Å²) >= 11 is 0. The second-order valence-corrected chi connectivity index (χ2v) is 5.45.